The Labute approximate surface area is 157 Å². The first-order valence-electron chi connectivity index (χ1n) is 9.04. The van der Waals surface area contributed by atoms with Gasteiger partial charge in [-0.2, -0.15) is 0 Å². The monoisotopic (exact) mass is 375 g/mol. The third-order valence-corrected chi connectivity index (χ3v) is 4.44. The summed E-state index contributed by atoms with van der Waals surface area (Å²) in [4.78, 5) is 35.3. The molecule has 0 spiro atoms. The number of rotatable bonds is 8. The lowest BCUT2D eigenvalue weighted by molar-refractivity contribution is -0.143. The summed E-state index contributed by atoms with van der Waals surface area (Å²) in [5, 5.41) is 12.5. The maximum absolute atomic E-state index is 12.3. The lowest BCUT2D eigenvalue weighted by atomic mass is 10.0. The molecule has 0 bridgehead atoms. The predicted molar refractivity (Wildman–Crippen MR) is 101 cm³/mol. The molecule has 27 heavy (non-hydrogen) atoms. The molecule has 0 radical (unpaired) electrons. The molecule has 146 valence electrons. The summed E-state index contributed by atoms with van der Waals surface area (Å²) in [7, 11) is 0. The second-order valence-electron chi connectivity index (χ2n) is 6.46. The van der Waals surface area contributed by atoms with E-state index >= 15 is 0 Å². The van der Waals surface area contributed by atoms with E-state index in [0.29, 0.717) is 36.2 Å². The molecule has 7 heteroatoms. The highest BCUT2D eigenvalue weighted by Crippen LogP contribution is 2.29. The fourth-order valence-corrected chi connectivity index (χ4v) is 2.91. The number of carboxylic acids is 1. The van der Waals surface area contributed by atoms with E-state index in [4.69, 9.17) is 14.3 Å². The van der Waals surface area contributed by atoms with E-state index in [0.717, 1.165) is 10.9 Å². The van der Waals surface area contributed by atoms with E-state index in [2.05, 4.69) is 5.32 Å². The van der Waals surface area contributed by atoms with Crippen LogP contribution in [-0.4, -0.2) is 29.1 Å². The van der Waals surface area contributed by atoms with E-state index in [-0.39, 0.29) is 0 Å². The number of fused-ring (bicyclic) bond motifs is 1. The van der Waals surface area contributed by atoms with Crippen molar-refractivity contribution in [2.45, 2.75) is 59.1 Å². The van der Waals surface area contributed by atoms with Crippen molar-refractivity contribution in [1.29, 1.82) is 0 Å². The molecule has 1 aromatic heterocycles. The Morgan fingerprint density at radius 3 is 2.59 bits per heavy atom. The molecule has 0 saturated heterocycles. The number of aliphatic carboxylic acids is 1. The molecule has 0 aliphatic rings. The Balaban J connectivity index is 2.25. The van der Waals surface area contributed by atoms with Gasteiger partial charge in [-0.1, -0.05) is 20.3 Å². The van der Waals surface area contributed by atoms with E-state index in [9.17, 15) is 14.4 Å². The summed E-state index contributed by atoms with van der Waals surface area (Å²) < 4.78 is 11.1. The third-order valence-electron chi connectivity index (χ3n) is 4.44. The van der Waals surface area contributed by atoms with Crippen molar-refractivity contribution in [3.05, 3.63) is 39.7 Å². The van der Waals surface area contributed by atoms with Crippen LogP contribution in [0, 0.1) is 6.92 Å². The van der Waals surface area contributed by atoms with Gasteiger partial charge in [-0.3, -0.25) is 4.79 Å². The van der Waals surface area contributed by atoms with Gasteiger partial charge in [-0.25, -0.2) is 9.59 Å². The average Bonchev–Trinajstić information content (AvgIpc) is 2.63. The Kier molecular flexibility index (Phi) is 6.60. The Morgan fingerprint density at radius 2 is 2.00 bits per heavy atom. The highest BCUT2D eigenvalue weighted by atomic mass is 16.5. The van der Waals surface area contributed by atoms with Crippen molar-refractivity contribution in [2.24, 2.45) is 0 Å². The molecular weight excluding hydrogens is 350 g/mol. The van der Waals surface area contributed by atoms with Crippen molar-refractivity contribution in [3.8, 4) is 5.75 Å². The van der Waals surface area contributed by atoms with Crippen LogP contribution >= 0.6 is 0 Å². The summed E-state index contributed by atoms with van der Waals surface area (Å²) in [5.41, 5.74) is 1.49. The Hall–Kier alpha value is -2.83. The van der Waals surface area contributed by atoms with Gasteiger partial charge in [0.25, 0.3) is 5.91 Å². The first-order valence-corrected chi connectivity index (χ1v) is 9.04. The predicted octanol–water partition coefficient (Wildman–Crippen LogP) is 2.80. The molecule has 1 aromatic carbocycles. The molecule has 0 fully saturated rings. The SMILES string of the molecule is CCCC(NC(=O)C(C)Oc1ccc2c(CC)cc(=O)oc2c1C)C(=O)O. The van der Waals surface area contributed by atoms with Crippen molar-refractivity contribution >= 4 is 22.8 Å². The molecule has 2 rings (SSSR count). The number of amides is 1. The number of hydrogen-bond acceptors (Lipinski definition) is 5. The zero-order chi connectivity index (χ0) is 20.1. The minimum Gasteiger partial charge on any atom is -0.480 e. The standard InChI is InChI=1S/C20H25NO6/c1-5-7-15(20(24)25)21-19(23)12(4)26-16-9-8-14-13(6-2)10-17(22)27-18(14)11(16)3/h8-10,12,15H,5-7H2,1-4H3,(H,21,23)(H,24,25). The fraction of sp³-hybridized carbons (Fsp3) is 0.450. The lowest BCUT2D eigenvalue weighted by Gasteiger charge is -2.19. The quantitative estimate of drug-likeness (QED) is 0.687. The van der Waals surface area contributed by atoms with Crippen LogP contribution in [0.3, 0.4) is 0 Å². The van der Waals surface area contributed by atoms with Gasteiger partial charge >= 0.3 is 11.6 Å². The fourth-order valence-electron chi connectivity index (χ4n) is 2.91. The zero-order valence-corrected chi connectivity index (χ0v) is 16.0. The number of hydrogen-bond donors (Lipinski definition) is 2. The number of carbonyl (C=O) groups excluding carboxylic acids is 1. The normalized spacial score (nSPS) is 13.2. The van der Waals surface area contributed by atoms with E-state index in [1.54, 1.807) is 26.0 Å². The first kappa shape index (κ1) is 20.5. The van der Waals surface area contributed by atoms with Gasteiger partial charge in [0.05, 0.1) is 0 Å². The summed E-state index contributed by atoms with van der Waals surface area (Å²) >= 11 is 0. The topological polar surface area (TPSA) is 106 Å². The smallest absolute Gasteiger partial charge is 0.336 e. The van der Waals surface area contributed by atoms with Crippen LogP contribution in [0.1, 0.15) is 44.7 Å². The van der Waals surface area contributed by atoms with Gasteiger partial charge in [-0.05, 0) is 44.4 Å². The highest BCUT2D eigenvalue weighted by Gasteiger charge is 2.24. The first-order chi connectivity index (χ1) is 12.8. The largest absolute Gasteiger partial charge is 0.480 e. The molecule has 2 atom stereocenters. The van der Waals surface area contributed by atoms with Crippen LogP contribution in [0.4, 0.5) is 0 Å². The molecule has 2 aromatic rings. The van der Waals surface area contributed by atoms with Crippen LogP contribution in [0.25, 0.3) is 11.0 Å². The lowest BCUT2D eigenvalue weighted by Crippen LogP contribution is -2.46. The third kappa shape index (κ3) is 4.67. The summed E-state index contributed by atoms with van der Waals surface area (Å²) in [5.74, 6) is -1.18. The minimum atomic E-state index is -1.08. The summed E-state index contributed by atoms with van der Waals surface area (Å²) in [6.45, 7) is 7.10. The number of ether oxygens (including phenoxy) is 1. The van der Waals surface area contributed by atoms with Gasteiger partial charge in [0.2, 0.25) is 0 Å². The van der Waals surface area contributed by atoms with Gasteiger partial charge in [0.15, 0.2) is 6.10 Å². The van der Waals surface area contributed by atoms with E-state index < -0.39 is 29.6 Å². The molecule has 0 aliphatic carbocycles. The number of carbonyl (C=O) groups is 2. The van der Waals surface area contributed by atoms with Gasteiger partial charge in [0.1, 0.15) is 17.4 Å². The van der Waals surface area contributed by atoms with Crippen molar-refractivity contribution in [1.82, 2.24) is 5.32 Å². The summed E-state index contributed by atoms with van der Waals surface area (Å²) in [6.07, 6.45) is 0.762. The molecule has 0 saturated carbocycles. The van der Waals surface area contributed by atoms with Crippen LogP contribution in [0.15, 0.2) is 27.4 Å². The molecular formula is C20H25NO6. The number of carboxylic acid groups (broad SMARTS) is 1. The summed E-state index contributed by atoms with van der Waals surface area (Å²) in [6, 6.07) is 4.04. The maximum atomic E-state index is 12.3. The van der Waals surface area contributed by atoms with Crippen LogP contribution in [0.2, 0.25) is 0 Å². The number of aryl methyl sites for hydroxylation is 2. The molecule has 2 unspecified atom stereocenters. The second-order valence-corrected chi connectivity index (χ2v) is 6.46. The van der Waals surface area contributed by atoms with Gasteiger partial charge < -0.3 is 19.6 Å². The van der Waals surface area contributed by atoms with Gasteiger partial charge in [-0.15, -0.1) is 0 Å². The van der Waals surface area contributed by atoms with Gasteiger partial charge in [0, 0.05) is 17.0 Å². The van der Waals surface area contributed by atoms with Crippen LogP contribution < -0.4 is 15.7 Å². The van der Waals surface area contributed by atoms with Crippen LogP contribution in [0.5, 0.6) is 5.75 Å². The number of benzene rings is 1. The Bertz CT molecular complexity index is 901. The molecule has 7 nitrogen and oxygen atoms in total. The van der Waals surface area contributed by atoms with Crippen molar-refractivity contribution in [2.75, 3.05) is 0 Å². The van der Waals surface area contributed by atoms with E-state index in [1.807, 2.05) is 13.8 Å². The molecule has 0 aliphatic heterocycles. The number of nitrogens with one attached hydrogen (secondary N) is 1. The van der Waals surface area contributed by atoms with Crippen molar-refractivity contribution in [3.63, 3.8) is 0 Å². The van der Waals surface area contributed by atoms with Crippen LogP contribution in [-0.2, 0) is 16.0 Å². The zero-order valence-electron chi connectivity index (χ0n) is 16.0. The van der Waals surface area contributed by atoms with E-state index in [1.165, 1.54) is 6.07 Å². The highest BCUT2D eigenvalue weighted by molar-refractivity contribution is 5.87. The van der Waals surface area contributed by atoms with Crippen molar-refractivity contribution < 1.29 is 23.8 Å². The molecule has 1 amide bonds. The molecule has 2 N–H and O–H groups in total. The minimum absolute atomic E-state index is 0.341. The second kappa shape index (κ2) is 8.70. The molecule has 1 heterocycles. The maximum Gasteiger partial charge on any atom is 0.336 e. The average molecular weight is 375 g/mol. The Morgan fingerprint density at radius 1 is 1.30 bits per heavy atom.